The molecule has 0 spiro atoms. The molecule has 3 rings (SSSR count). The molecule has 146 valence electrons. The number of nitrogens with zero attached hydrogens (tertiary/aromatic N) is 1. The van der Waals surface area contributed by atoms with Gasteiger partial charge in [0.15, 0.2) is 9.84 Å². The minimum atomic E-state index is -3.70. The van der Waals surface area contributed by atoms with Crippen LogP contribution in [-0.4, -0.2) is 43.6 Å². The van der Waals surface area contributed by atoms with Crippen molar-refractivity contribution in [1.82, 2.24) is 4.90 Å². The Morgan fingerprint density at radius 2 is 2.19 bits per heavy atom. The SMILES string of the molecule is C=CCC1N(C(=O)Nc2ccc3c(c2)S(=O)(=O)CC(=O)N3)CCCC1(C)C. The van der Waals surface area contributed by atoms with E-state index in [1.165, 1.54) is 12.1 Å². The third-order valence-electron chi connectivity index (χ3n) is 5.31. The Kier molecular flexibility index (Phi) is 5.03. The second-order valence-corrected chi connectivity index (χ2v) is 9.73. The lowest BCUT2D eigenvalue weighted by atomic mass is 9.75. The number of anilines is 2. The Balaban J connectivity index is 1.84. The molecule has 2 aliphatic rings. The number of nitrogens with one attached hydrogen (secondary N) is 2. The zero-order valence-electron chi connectivity index (χ0n) is 15.6. The van der Waals surface area contributed by atoms with Crippen molar-refractivity contribution in [2.75, 3.05) is 22.9 Å². The summed E-state index contributed by atoms with van der Waals surface area (Å²) in [7, 11) is -3.70. The highest BCUT2D eigenvalue weighted by Gasteiger charge is 2.39. The predicted octanol–water partition coefficient (Wildman–Crippen LogP) is 3.01. The van der Waals surface area contributed by atoms with Crippen LogP contribution in [0, 0.1) is 5.41 Å². The molecule has 0 radical (unpaired) electrons. The highest BCUT2D eigenvalue weighted by Crippen LogP contribution is 2.37. The van der Waals surface area contributed by atoms with Gasteiger partial charge in [0.1, 0.15) is 5.75 Å². The van der Waals surface area contributed by atoms with Crippen molar-refractivity contribution >= 4 is 33.2 Å². The van der Waals surface area contributed by atoms with Gasteiger partial charge in [0, 0.05) is 18.3 Å². The number of benzene rings is 1. The summed E-state index contributed by atoms with van der Waals surface area (Å²) in [4.78, 5) is 26.2. The Hall–Kier alpha value is -2.35. The Bertz CT molecular complexity index is 892. The van der Waals surface area contributed by atoms with Crippen molar-refractivity contribution in [3.63, 3.8) is 0 Å². The first-order valence-corrected chi connectivity index (χ1v) is 10.6. The van der Waals surface area contributed by atoms with Crippen LogP contribution in [0.4, 0.5) is 16.2 Å². The van der Waals surface area contributed by atoms with Gasteiger partial charge in [-0.15, -0.1) is 6.58 Å². The van der Waals surface area contributed by atoms with Gasteiger partial charge in [-0.05, 0) is 42.9 Å². The summed E-state index contributed by atoms with van der Waals surface area (Å²) in [6, 6.07) is 4.27. The number of carbonyl (C=O) groups is 2. The number of hydrogen-bond donors (Lipinski definition) is 2. The van der Waals surface area contributed by atoms with E-state index in [1.54, 1.807) is 11.0 Å². The van der Waals surface area contributed by atoms with Crippen molar-refractivity contribution in [1.29, 1.82) is 0 Å². The lowest BCUT2D eigenvalue weighted by Gasteiger charge is -2.46. The fourth-order valence-corrected chi connectivity index (χ4v) is 5.22. The van der Waals surface area contributed by atoms with Gasteiger partial charge in [-0.2, -0.15) is 0 Å². The highest BCUT2D eigenvalue weighted by molar-refractivity contribution is 7.92. The van der Waals surface area contributed by atoms with E-state index in [1.807, 2.05) is 6.08 Å². The number of rotatable bonds is 3. The maximum Gasteiger partial charge on any atom is 0.322 e. The molecule has 0 aromatic heterocycles. The lowest BCUT2D eigenvalue weighted by Crippen LogP contribution is -2.53. The third kappa shape index (κ3) is 3.85. The second kappa shape index (κ2) is 6.99. The largest absolute Gasteiger partial charge is 0.324 e. The molecule has 8 heteroatoms. The fraction of sp³-hybridized carbons (Fsp3) is 0.474. The molecule has 0 aliphatic carbocycles. The molecule has 1 unspecified atom stereocenters. The summed E-state index contributed by atoms with van der Waals surface area (Å²) in [6.07, 6.45) is 4.47. The van der Waals surface area contributed by atoms with Crippen LogP contribution >= 0.6 is 0 Å². The van der Waals surface area contributed by atoms with Crippen LogP contribution in [0.5, 0.6) is 0 Å². The summed E-state index contributed by atoms with van der Waals surface area (Å²) in [5.41, 5.74) is 0.611. The van der Waals surface area contributed by atoms with E-state index in [-0.39, 0.29) is 28.1 Å². The van der Waals surface area contributed by atoms with Crippen LogP contribution in [0.25, 0.3) is 0 Å². The molecule has 27 heavy (non-hydrogen) atoms. The average molecular weight is 391 g/mol. The maximum atomic E-state index is 12.9. The number of piperidine rings is 1. The Labute approximate surface area is 159 Å². The van der Waals surface area contributed by atoms with Gasteiger partial charge < -0.3 is 15.5 Å². The molecule has 7 nitrogen and oxygen atoms in total. The molecule has 1 saturated heterocycles. The van der Waals surface area contributed by atoms with E-state index >= 15 is 0 Å². The topological polar surface area (TPSA) is 95.6 Å². The number of likely N-dealkylation sites (tertiary alicyclic amines) is 1. The third-order valence-corrected chi connectivity index (χ3v) is 6.96. The summed E-state index contributed by atoms with van der Waals surface area (Å²) in [5, 5.41) is 5.35. The summed E-state index contributed by atoms with van der Waals surface area (Å²) in [5.74, 6) is -1.14. The van der Waals surface area contributed by atoms with Crippen LogP contribution in [0.3, 0.4) is 0 Å². The Morgan fingerprint density at radius 3 is 2.89 bits per heavy atom. The molecule has 0 bridgehead atoms. The minimum absolute atomic E-state index is 0.0206. The fourth-order valence-electron chi connectivity index (χ4n) is 3.89. The molecule has 1 aromatic rings. The number of hydrogen-bond acceptors (Lipinski definition) is 4. The van der Waals surface area contributed by atoms with Crippen molar-refractivity contribution in [2.24, 2.45) is 5.41 Å². The second-order valence-electron chi connectivity index (χ2n) is 7.77. The van der Waals surface area contributed by atoms with E-state index in [4.69, 9.17) is 0 Å². The normalized spacial score (nSPS) is 23.1. The molecular weight excluding hydrogens is 366 g/mol. The standard InChI is InChI=1S/C19H25N3O4S/c1-4-6-16-19(2,3)9-5-10-22(16)18(24)20-13-7-8-14-15(11-13)27(25,26)12-17(23)21-14/h4,7-8,11,16H,1,5-6,9-10,12H2,2-3H3,(H,20,24)(H,21,23). The number of urea groups is 1. The molecule has 1 atom stereocenters. The van der Waals surface area contributed by atoms with Gasteiger partial charge in [-0.1, -0.05) is 19.9 Å². The number of sulfone groups is 1. The molecular formula is C19H25N3O4S. The number of fused-ring (bicyclic) bond motifs is 1. The van der Waals surface area contributed by atoms with Gasteiger partial charge in [-0.3, -0.25) is 4.79 Å². The Morgan fingerprint density at radius 1 is 1.44 bits per heavy atom. The minimum Gasteiger partial charge on any atom is -0.324 e. The van der Waals surface area contributed by atoms with Gasteiger partial charge in [0.2, 0.25) is 5.91 Å². The molecule has 1 aromatic carbocycles. The van der Waals surface area contributed by atoms with Gasteiger partial charge >= 0.3 is 6.03 Å². The van der Waals surface area contributed by atoms with Crippen LogP contribution in [-0.2, 0) is 14.6 Å². The number of carbonyl (C=O) groups excluding carboxylic acids is 2. The van der Waals surface area contributed by atoms with Crippen molar-refractivity contribution < 1.29 is 18.0 Å². The van der Waals surface area contributed by atoms with E-state index < -0.39 is 21.5 Å². The predicted molar refractivity (Wildman–Crippen MR) is 104 cm³/mol. The van der Waals surface area contributed by atoms with Crippen molar-refractivity contribution in [3.05, 3.63) is 30.9 Å². The van der Waals surface area contributed by atoms with Crippen LogP contribution in [0.15, 0.2) is 35.7 Å². The molecule has 3 amide bonds. The first kappa shape index (κ1) is 19.4. The maximum absolute atomic E-state index is 12.9. The van der Waals surface area contributed by atoms with E-state index in [0.717, 1.165) is 12.8 Å². The summed E-state index contributed by atoms with van der Waals surface area (Å²) >= 11 is 0. The highest BCUT2D eigenvalue weighted by atomic mass is 32.2. The molecule has 0 saturated carbocycles. The molecule has 2 N–H and O–H groups in total. The monoisotopic (exact) mass is 391 g/mol. The smallest absolute Gasteiger partial charge is 0.322 e. The van der Waals surface area contributed by atoms with Crippen molar-refractivity contribution in [2.45, 2.75) is 44.0 Å². The lowest BCUT2D eigenvalue weighted by molar-refractivity contribution is -0.114. The molecule has 2 heterocycles. The van der Waals surface area contributed by atoms with E-state index in [9.17, 15) is 18.0 Å². The first-order chi connectivity index (χ1) is 12.6. The van der Waals surface area contributed by atoms with Crippen LogP contribution in [0.1, 0.15) is 33.1 Å². The van der Waals surface area contributed by atoms with E-state index in [2.05, 4.69) is 31.1 Å². The molecule has 2 aliphatic heterocycles. The average Bonchev–Trinajstić information content (AvgIpc) is 2.56. The van der Waals surface area contributed by atoms with Gasteiger partial charge in [0.05, 0.1) is 10.6 Å². The van der Waals surface area contributed by atoms with Gasteiger partial charge in [-0.25, -0.2) is 13.2 Å². The first-order valence-electron chi connectivity index (χ1n) is 8.99. The summed E-state index contributed by atoms with van der Waals surface area (Å²) < 4.78 is 24.5. The van der Waals surface area contributed by atoms with Gasteiger partial charge in [0.25, 0.3) is 0 Å². The van der Waals surface area contributed by atoms with Crippen molar-refractivity contribution in [3.8, 4) is 0 Å². The van der Waals surface area contributed by atoms with E-state index in [0.29, 0.717) is 18.7 Å². The van der Waals surface area contributed by atoms with Crippen LogP contribution < -0.4 is 10.6 Å². The quantitative estimate of drug-likeness (QED) is 0.774. The summed E-state index contributed by atoms with van der Waals surface area (Å²) in [6.45, 7) is 8.75. The number of amides is 3. The van der Waals surface area contributed by atoms with Crippen LogP contribution in [0.2, 0.25) is 0 Å². The zero-order chi connectivity index (χ0) is 19.8. The molecule has 1 fully saturated rings. The zero-order valence-corrected chi connectivity index (χ0v) is 16.4.